The third kappa shape index (κ3) is 2.92. The Hall–Kier alpha value is -0.610. The van der Waals surface area contributed by atoms with Gasteiger partial charge in [-0.1, -0.05) is 12.8 Å². The lowest BCUT2D eigenvalue weighted by atomic mass is 10.1. The smallest absolute Gasteiger partial charge is 0.234 e. The summed E-state index contributed by atoms with van der Waals surface area (Å²) in [5.41, 5.74) is 0. The van der Waals surface area contributed by atoms with Crippen LogP contribution in [0.1, 0.15) is 25.7 Å². The van der Waals surface area contributed by atoms with Crippen molar-refractivity contribution >= 4 is 5.91 Å². The lowest BCUT2D eigenvalue weighted by Gasteiger charge is -2.35. The molecule has 1 heterocycles. The molecule has 86 valence electrons. The Balaban J connectivity index is 1.66. The van der Waals surface area contributed by atoms with Gasteiger partial charge in [0.05, 0.1) is 6.54 Å². The van der Waals surface area contributed by atoms with E-state index in [0.717, 1.165) is 13.1 Å². The largest absolute Gasteiger partial charge is 0.352 e. The maximum atomic E-state index is 11.7. The average molecular weight is 211 g/mol. The van der Waals surface area contributed by atoms with Crippen molar-refractivity contribution < 1.29 is 4.79 Å². The van der Waals surface area contributed by atoms with Gasteiger partial charge in [0.2, 0.25) is 5.91 Å². The third-order valence-corrected chi connectivity index (χ3v) is 3.50. The quantitative estimate of drug-likeness (QED) is 0.685. The fourth-order valence-electron chi connectivity index (χ4n) is 2.28. The Morgan fingerprint density at radius 3 is 2.60 bits per heavy atom. The van der Waals surface area contributed by atoms with E-state index in [1.807, 2.05) is 7.05 Å². The minimum atomic E-state index is 0.191. The molecule has 4 nitrogen and oxygen atoms in total. The van der Waals surface area contributed by atoms with Crippen LogP contribution in [0.25, 0.3) is 0 Å². The van der Waals surface area contributed by atoms with Gasteiger partial charge in [0, 0.05) is 25.2 Å². The highest BCUT2D eigenvalue weighted by Crippen LogP contribution is 2.17. The molecule has 0 unspecified atom stereocenters. The predicted molar refractivity (Wildman–Crippen MR) is 59.7 cm³/mol. The summed E-state index contributed by atoms with van der Waals surface area (Å²) >= 11 is 0. The number of carbonyl (C=O) groups excluding carboxylic acids is 1. The molecule has 0 radical (unpaired) electrons. The molecule has 4 heteroatoms. The zero-order chi connectivity index (χ0) is 10.7. The molecule has 1 aliphatic carbocycles. The van der Waals surface area contributed by atoms with Crippen molar-refractivity contribution in [3.05, 3.63) is 0 Å². The van der Waals surface area contributed by atoms with Crippen molar-refractivity contribution in [2.24, 2.45) is 0 Å². The molecule has 0 atom stereocenters. The van der Waals surface area contributed by atoms with Gasteiger partial charge in [0.25, 0.3) is 0 Å². The Morgan fingerprint density at radius 1 is 1.40 bits per heavy atom. The fourth-order valence-corrected chi connectivity index (χ4v) is 2.28. The maximum Gasteiger partial charge on any atom is 0.234 e. The highest BCUT2D eigenvalue weighted by molar-refractivity contribution is 5.78. The summed E-state index contributed by atoms with van der Waals surface area (Å²) in [6.45, 7) is 2.59. The minimum Gasteiger partial charge on any atom is -0.352 e. The monoisotopic (exact) mass is 211 g/mol. The summed E-state index contributed by atoms with van der Waals surface area (Å²) in [7, 11) is 2.03. The van der Waals surface area contributed by atoms with E-state index >= 15 is 0 Å². The van der Waals surface area contributed by atoms with Crippen LogP contribution in [0.15, 0.2) is 0 Å². The van der Waals surface area contributed by atoms with Gasteiger partial charge in [0.1, 0.15) is 0 Å². The van der Waals surface area contributed by atoms with Crippen molar-refractivity contribution in [2.75, 3.05) is 26.7 Å². The molecule has 0 aromatic rings. The molecule has 2 fully saturated rings. The molecule has 2 aliphatic rings. The standard InChI is InChI=1S/C11H21N3O/c1-14(10-6-12-7-10)8-11(15)13-9-4-2-3-5-9/h9-10,12H,2-8H2,1H3,(H,13,15). The van der Waals surface area contributed by atoms with Crippen LogP contribution in [0.3, 0.4) is 0 Å². The highest BCUT2D eigenvalue weighted by Gasteiger charge is 2.24. The number of amides is 1. The molecular weight excluding hydrogens is 190 g/mol. The van der Waals surface area contributed by atoms with E-state index in [-0.39, 0.29) is 5.91 Å². The maximum absolute atomic E-state index is 11.7. The molecular formula is C11H21N3O. The number of nitrogens with zero attached hydrogens (tertiary/aromatic N) is 1. The molecule has 1 aliphatic heterocycles. The molecule has 1 saturated carbocycles. The van der Waals surface area contributed by atoms with Crippen LogP contribution in [0.4, 0.5) is 0 Å². The number of likely N-dealkylation sites (N-methyl/N-ethyl adjacent to an activating group) is 1. The zero-order valence-corrected chi connectivity index (χ0v) is 9.46. The van der Waals surface area contributed by atoms with E-state index in [0.29, 0.717) is 18.6 Å². The number of hydrogen-bond donors (Lipinski definition) is 2. The first-order valence-electron chi connectivity index (χ1n) is 5.96. The lowest BCUT2D eigenvalue weighted by molar-refractivity contribution is -0.123. The van der Waals surface area contributed by atoms with Gasteiger partial charge >= 0.3 is 0 Å². The topological polar surface area (TPSA) is 44.4 Å². The van der Waals surface area contributed by atoms with Crippen molar-refractivity contribution in [2.45, 2.75) is 37.8 Å². The normalized spacial score (nSPS) is 23.1. The van der Waals surface area contributed by atoms with E-state index in [1.54, 1.807) is 0 Å². The van der Waals surface area contributed by atoms with E-state index in [1.165, 1.54) is 25.7 Å². The Bertz CT molecular complexity index is 222. The summed E-state index contributed by atoms with van der Waals surface area (Å²) in [6, 6.07) is 1.00. The number of carbonyl (C=O) groups is 1. The van der Waals surface area contributed by atoms with Crippen LogP contribution in [-0.4, -0.2) is 49.6 Å². The van der Waals surface area contributed by atoms with Gasteiger partial charge in [-0.2, -0.15) is 0 Å². The van der Waals surface area contributed by atoms with Crippen LogP contribution in [0.2, 0.25) is 0 Å². The molecule has 0 bridgehead atoms. The second-order valence-corrected chi connectivity index (χ2v) is 4.78. The van der Waals surface area contributed by atoms with E-state index in [9.17, 15) is 4.79 Å². The first-order chi connectivity index (χ1) is 7.25. The molecule has 1 saturated heterocycles. The van der Waals surface area contributed by atoms with Crippen molar-refractivity contribution in [1.82, 2.24) is 15.5 Å². The first kappa shape index (κ1) is 10.9. The van der Waals surface area contributed by atoms with Crippen molar-refractivity contribution in [3.63, 3.8) is 0 Å². The zero-order valence-electron chi connectivity index (χ0n) is 9.46. The SMILES string of the molecule is CN(CC(=O)NC1CCCC1)C1CNC1. The van der Waals surface area contributed by atoms with Gasteiger partial charge in [-0.3, -0.25) is 9.69 Å². The van der Waals surface area contributed by atoms with Gasteiger partial charge < -0.3 is 10.6 Å². The van der Waals surface area contributed by atoms with Crippen LogP contribution in [0, 0.1) is 0 Å². The van der Waals surface area contributed by atoms with E-state index < -0.39 is 0 Å². The predicted octanol–water partition coefficient (Wildman–Crippen LogP) is -0.0512. The average Bonchev–Trinajstić information content (AvgIpc) is 2.52. The minimum absolute atomic E-state index is 0.191. The number of nitrogens with one attached hydrogen (secondary N) is 2. The molecule has 0 aromatic heterocycles. The van der Waals surface area contributed by atoms with Gasteiger partial charge in [-0.05, 0) is 19.9 Å². The van der Waals surface area contributed by atoms with Gasteiger partial charge in [-0.25, -0.2) is 0 Å². The van der Waals surface area contributed by atoms with Crippen LogP contribution in [0.5, 0.6) is 0 Å². The van der Waals surface area contributed by atoms with Crippen LogP contribution < -0.4 is 10.6 Å². The lowest BCUT2D eigenvalue weighted by Crippen LogP contribution is -2.57. The second kappa shape index (κ2) is 4.94. The summed E-state index contributed by atoms with van der Waals surface area (Å²) in [4.78, 5) is 13.8. The fraction of sp³-hybridized carbons (Fsp3) is 0.909. The second-order valence-electron chi connectivity index (χ2n) is 4.78. The van der Waals surface area contributed by atoms with Crippen molar-refractivity contribution in [3.8, 4) is 0 Å². The summed E-state index contributed by atoms with van der Waals surface area (Å²) < 4.78 is 0. The van der Waals surface area contributed by atoms with Gasteiger partial charge in [0.15, 0.2) is 0 Å². The highest BCUT2D eigenvalue weighted by atomic mass is 16.2. The van der Waals surface area contributed by atoms with Crippen LogP contribution >= 0.6 is 0 Å². The van der Waals surface area contributed by atoms with E-state index in [4.69, 9.17) is 0 Å². The van der Waals surface area contributed by atoms with Crippen LogP contribution in [-0.2, 0) is 4.79 Å². The molecule has 0 spiro atoms. The van der Waals surface area contributed by atoms with E-state index in [2.05, 4.69) is 15.5 Å². The Kier molecular flexibility index (Phi) is 3.59. The number of rotatable bonds is 4. The van der Waals surface area contributed by atoms with Crippen molar-refractivity contribution in [1.29, 1.82) is 0 Å². The molecule has 1 amide bonds. The third-order valence-electron chi connectivity index (χ3n) is 3.50. The molecule has 15 heavy (non-hydrogen) atoms. The molecule has 2 rings (SSSR count). The Morgan fingerprint density at radius 2 is 2.07 bits per heavy atom. The Labute approximate surface area is 91.4 Å². The number of hydrogen-bond acceptors (Lipinski definition) is 3. The molecule has 2 N–H and O–H groups in total. The summed E-state index contributed by atoms with van der Waals surface area (Å²) in [5.74, 6) is 0.191. The van der Waals surface area contributed by atoms with Gasteiger partial charge in [-0.15, -0.1) is 0 Å². The molecule has 0 aromatic carbocycles. The summed E-state index contributed by atoms with van der Waals surface area (Å²) in [5, 5.41) is 6.33. The first-order valence-corrected chi connectivity index (χ1v) is 5.96. The summed E-state index contributed by atoms with van der Waals surface area (Å²) in [6.07, 6.45) is 4.88.